The number of fused-ring (bicyclic) bond motifs is 2. The fourth-order valence-electron chi connectivity index (χ4n) is 5.31. The Hall–Kier alpha value is -4.25. The van der Waals surface area contributed by atoms with Crippen LogP contribution in [0.4, 0.5) is 10.5 Å². The SMILES string of the molecule is Cc1c(/C=C2\SC(=O)N(CC(=O)N3CCCCC3)C2=O)c2ccccc2n1CC(=O)Nc1ccc2c(c1)OCO2. The quantitative estimate of drug-likeness (QED) is 0.446. The fraction of sp³-hybridized carbons (Fsp3) is 0.310. The number of likely N-dealkylation sites (tertiary alicyclic amines) is 1. The van der Waals surface area contributed by atoms with E-state index >= 15 is 0 Å². The smallest absolute Gasteiger partial charge is 0.294 e. The zero-order chi connectivity index (χ0) is 27.8. The highest BCUT2D eigenvalue weighted by Gasteiger charge is 2.37. The standard InChI is InChI=1S/C29H28N4O6S/c1-18-21(14-25-28(36)33(29(37)40-25)16-27(35)31-11-5-2-6-12-31)20-7-3-4-8-22(20)32(18)15-26(34)30-19-9-10-23-24(13-19)39-17-38-23/h3-4,7-10,13-14H,2,5-6,11-12,15-17H2,1H3,(H,30,34)/b25-14-. The molecule has 3 aromatic rings. The highest BCUT2D eigenvalue weighted by atomic mass is 32.2. The van der Waals surface area contributed by atoms with E-state index in [4.69, 9.17) is 9.47 Å². The number of nitrogens with one attached hydrogen (secondary N) is 1. The molecule has 1 aromatic heterocycles. The predicted molar refractivity (Wildman–Crippen MR) is 151 cm³/mol. The number of para-hydroxylation sites is 1. The van der Waals surface area contributed by atoms with Gasteiger partial charge in [-0.05, 0) is 62.2 Å². The molecular formula is C29H28N4O6S. The first kappa shape index (κ1) is 26.0. The first-order valence-electron chi connectivity index (χ1n) is 13.2. The Labute approximate surface area is 234 Å². The highest BCUT2D eigenvalue weighted by molar-refractivity contribution is 8.18. The van der Waals surface area contributed by atoms with Crippen LogP contribution in [0.1, 0.15) is 30.5 Å². The molecule has 4 amide bonds. The molecule has 0 unspecified atom stereocenters. The number of imide groups is 1. The van der Waals surface area contributed by atoms with Gasteiger partial charge in [0.1, 0.15) is 13.1 Å². The molecule has 2 aromatic carbocycles. The second-order valence-electron chi connectivity index (χ2n) is 9.93. The van der Waals surface area contributed by atoms with Crippen molar-refractivity contribution in [2.45, 2.75) is 32.7 Å². The monoisotopic (exact) mass is 560 g/mol. The second kappa shape index (κ2) is 10.7. The predicted octanol–water partition coefficient (Wildman–Crippen LogP) is 4.37. The first-order valence-corrected chi connectivity index (χ1v) is 14.0. The van der Waals surface area contributed by atoms with Gasteiger partial charge in [-0.15, -0.1) is 0 Å². The molecule has 0 aliphatic carbocycles. The zero-order valence-corrected chi connectivity index (χ0v) is 22.8. The summed E-state index contributed by atoms with van der Waals surface area (Å²) in [7, 11) is 0. The van der Waals surface area contributed by atoms with Crippen LogP contribution in [0.3, 0.4) is 0 Å². The minimum Gasteiger partial charge on any atom is -0.454 e. The highest BCUT2D eigenvalue weighted by Crippen LogP contribution is 2.36. The van der Waals surface area contributed by atoms with E-state index in [9.17, 15) is 19.2 Å². The minimum absolute atomic E-state index is 0.0421. The van der Waals surface area contributed by atoms with Gasteiger partial charge in [0.2, 0.25) is 18.6 Å². The minimum atomic E-state index is -0.475. The van der Waals surface area contributed by atoms with Gasteiger partial charge in [-0.2, -0.15) is 0 Å². The van der Waals surface area contributed by atoms with Crippen molar-refractivity contribution in [2.75, 3.05) is 31.7 Å². The molecule has 3 aliphatic rings. The Morgan fingerprint density at radius 2 is 1.77 bits per heavy atom. The van der Waals surface area contributed by atoms with E-state index in [1.54, 1.807) is 29.2 Å². The van der Waals surface area contributed by atoms with Crippen molar-refractivity contribution in [1.82, 2.24) is 14.4 Å². The Kier molecular flexibility index (Phi) is 6.97. The molecule has 0 spiro atoms. The third-order valence-corrected chi connectivity index (χ3v) is 8.30. The summed E-state index contributed by atoms with van der Waals surface area (Å²) in [5.74, 6) is 0.303. The molecule has 10 nitrogen and oxygen atoms in total. The van der Waals surface area contributed by atoms with E-state index < -0.39 is 11.1 Å². The van der Waals surface area contributed by atoms with E-state index in [0.717, 1.165) is 58.1 Å². The number of ether oxygens (including phenoxy) is 2. The number of carbonyl (C=O) groups is 4. The van der Waals surface area contributed by atoms with Crippen LogP contribution in [0, 0.1) is 6.92 Å². The molecule has 0 radical (unpaired) electrons. The molecule has 0 saturated carbocycles. The number of thioether (sulfide) groups is 1. The third kappa shape index (κ3) is 4.92. The Morgan fingerprint density at radius 3 is 2.60 bits per heavy atom. The van der Waals surface area contributed by atoms with Gasteiger partial charge < -0.3 is 24.3 Å². The maximum atomic E-state index is 13.2. The van der Waals surface area contributed by atoms with E-state index in [2.05, 4.69) is 5.32 Å². The number of hydrogen-bond acceptors (Lipinski definition) is 7. The van der Waals surface area contributed by atoms with Crippen molar-refractivity contribution in [3.63, 3.8) is 0 Å². The summed E-state index contributed by atoms with van der Waals surface area (Å²) in [5.41, 5.74) is 2.94. The van der Waals surface area contributed by atoms with Crippen molar-refractivity contribution in [1.29, 1.82) is 0 Å². The van der Waals surface area contributed by atoms with Crippen LogP contribution in [0.15, 0.2) is 47.4 Å². The summed E-state index contributed by atoms with van der Waals surface area (Å²) in [6, 6.07) is 12.8. The summed E-state index contributed by atoms with van der Waals surface area (Å²) >= 11 is 0.834. The van der Waals surface area contributed by atoms with Crippen LogP contribution in [0.5, 0.6) is 11.5 Å². The van der Waals surface area contributed by atoms with Gasteiger partial charge >= 0.3 is 0 Å². The van der Waals surface area contributed by atoms with Gasteiger partial charge in [0.25, 0.3) is 11.1 Å². The molecule has 11 heteroatoms. The number of amides is 4. The van der Waals surface area contributed by atoms with Crippen LogP contribution < -0.4 is 14.8 Å². The Morgan fingerprint density at radius 1 is 1.00 bits per heavy atom. The summed E-state index contributed by atoms with van der Waals surface area (Å²) in [4.78, 5) is 54.7. The summed E-state index contributed by atoms with van der Waals surface area (Å²) in [5, 5.41) is 3.30. The third-order valence-electron chi connectivity index (χ3n) is 7.39. The lowest BCUT2D eigenvalue weighted by Gasteiger charge is -2.27. The van der Waals surface area contributed by atoms with Crippen LogP contribution in [0.2, 0.25) is 0 Å². The van der Waals surface area contributed by atoms with Gasteiger partial charge in [-0.25, -0.2) is 0 Å². The molecule has 1 N–H and O–H groups in total. The van der Waals surface area contributed by atoms with Crippen molar-refractivity contribution in [2.24, 2.45) is 0 Å². The van der Waals surface area contributed by atoms with Crippen LogP contribution in [-0.4, -0.2) is 63.8 Å². The zero-order valence-electron chi connectivity index (χ0n) is 22.0. The summed E-state index contributed by atoms with van der Waals surface area (Å²) < 4.78 is 12.6. The lowest BCUT2D eigenvalue weighted by molar-refractivity contribution is -0.136. The molecule has 0 bridgehead atoms. The average molecular weight is 561 g/mol. The lowest BCUT2D eigenvalue weighted by atomic mass is 10.1. The van der Waals surface area contributed by atoms with Gasteiger partial charge in [0.15, 0.2) is 11.5 Å². The van der Waals surface area contributed by atoms with E-state index in [0.29, 0.717) is 30.3 Å². The number of aromatic nitrogens is 1. The van der Waals surface area contributed by atoms with Crippen LogP contribution in [-0.2, 0) is 20.9 Å². The molecule has 0 atom stereocenters. The topological polar surface area (TPSA) is 110 Å². The van der Waals surface area contributed by atoms with Gasteiger partial charge in [-0.3, -0.25) is 24.1 Å². The number of rotatable bonds is 6. The normalized spacial score (nSPS) is 17.8. The van der Waals surface area contributed by atoms with Crippen molar-refractivity contribution >= 4 is 57.4 Å². The maximum Gasteiger partial charge on any atom is 0.294 e. The Balaban J connectivity index is 1.23. The molecule has 2 saturated heterocycles. The largest absolute Gasteiger partial charge is 0.454 e. The summed E-state index contributed by atoms with van der Waals surface area (Å²) in [6.07, 6.45) is 4.65. The lowest BCUT2D eigenvalue weighted by Crippen LogP contribution is -2.44. The molecule has 2 fully saturated rings. The number of benzene rings is 2. The molecule has 6 rings (SSSR count). The molecule has 206 valence electrons. The average Bonchev–Trinajstić information content (AvgIpc) is 3.61. The van der Waals surface area contributed by atoms with E-state index in [1.807, 2.05) is 35.8 Å². The van der Waals surface area contributed by atoms with E-state index in [-0.39, 0.29) is 36.6 Å². The van der Waals surface area contributed by atoms with Gasteiger partial charge in [0.05, 0.1) is 4.91 Å². The van der Waals surface area contributed by atoms with Crippen molar-refractivity contribution in [3.05, 3.63) is 58.6 Å². The number of nitrogens with zero attached hydrogens (tertiary/aromatic N) is 3. The van der Waals surface area contributed by atoms with Crippen LogP contribution >= 0.6 is 11.8 Å². The number of piperidine rings is 1. The van der Waals surface area contributed by atoms with Gasteiger partial charge in [-0.1, -0.05) is 18.2 Å². The molecular weight excluding hydrogens is 532 g/mol. The maximum absolute atomic E-state index is 13.2. The number of carbonyl (C=O) groups excluding carboxylic acids is 4. The van der Waals surface area contributed by atoms with Gasteiger partial charge in [0, 0.05) is 47.0 Å². The number of anilines is 1. The molecule has 40 heavy (non-hydrogen) atoms. The second-order valence-corrected chi connectivity index (χ2v) is 10.9. The van der Waals surface area contributed by atoms with Crippen molar-refractivity contribution < 1.29 is 28.7 Å². The number of hydrogen-bond donors (Lipinski definition) is 1. The van der Waals surface area contributed by atoms with E-state index in [1.165, 1.54) is 0 Å². The fourth-order valence-corrected chi connectivity index (χ4v) is 6.13. The summed E-state index contributed by atoms with van der Waals surface area (Å²) in [6.45, 7) is 3.14. The molecule has 4 heterocycles. The Bertz CT molecular complexity index is 1570. The first-order chi connectivity index (χ1) is 19.4. The molecule has 3 aliphatic heterocycles. The van der Waals surface area contributed by atoms with Crippen LogP contribution in [0.25, 0.3) is 17.0 Å². The van der Waals surface area contributed by atoms with Crippen molar-refractivity contribution in [3.8, 4) is 11.5 Å².